The molecular weight excluding hydrogens is 396 g/mol. The smallest absolute Gasteiger partial charge is 0.224 e. The monoisotopic (exact) mass is 424 g/mol. The zero-order chi connectivity index (χ0) is 21.9. The number of amides is 2. The zero-order valence-electron chi connectivity index (χ0n) is 18.1. The minimum absolute atomic E-state index is 0.0423. The van der Waals surface area contributed by atoms with Crippen molar-refractivity contribution in [3.8, 4) is 0 Å². The van der Waals surface area contributed by atoms with Gasteiger partial charge in [-0.05, 0) is 46.2 Å². The van der Waals surface area contributed by atoms with Crippen LogP contribution in [-0.2, 0) is 35.3 Å². The Hall–Kier alpha value is -3.40. The number of nitrogens with one attached hydrogen (secondary N) is 2. The fraction of sp³-hybridized carbons (Fsp3) is 0.286. The van der Waals surface area contributed by atoms with Crippen molar-refractivity contribution >= 4 is 11.8 Å². The van der Waals surface area contributed by atoms with Crippen LogP contribution in [0.3, 0.4) is 0 Å². The Morgan fingerprint density at radius 2 is 1.03 bits per heavy atom. The number of hydrogen-bond acceptors (Lipinski definition) is 2. The number of carbonyl (C=O) groups excluding carboxylic acids is 2. The summed E-state index contributed by atoms with van der Waals surface area (Å²) in [5.74, 6) is 0.954. The standard InChI is InChI=1S/C28H28N2O2/c31-27(29-17-23-15-21-5-1-3-7-25(21)23)13-19-9-11-20(12-10-19)14-28(32)30-18-24-16-22-6-2-4-8-26(22)24/h1-12,23-24H,13-18H2,(H,29,31)(H,30,32). The lowest BCUT2D eigenvalue weighted by Crippen LogP contribution is -2.34. The maximum absolute atomic E-state index is 12.3. The molecule has 0 saturated carbocycles. The van der Waals surface area contributed by atoms with Gasteiger partial charge in [-0.3, -0.25) is 9.59 Å². The van der Waals surface area contributed by atoms with Gasteiger partial charge in [0.15, 0.2) is 0 Å². The first-order valence-electron chi connectivity index (χ1n) is 11.4. The molecule has 5 rings (SSSR count). The van der Waals surface area contributed by atoms with Crippen LogP contribution in [0.25, 0.3) is 0 Å². The second-order valence-electron chi connectivity index (χ2n) is 8.98. The molecule has 3 aromatic carbocycles. The number of hydrogen-bond donors (Lipinski definition) is 2. The molecule has 32 heavy (non-hydrogen) atoms. The van der Waals surface area contributed by atoms with Crippen LogP contribution in [0.5, 0.6) is 0 Å². The molecule has 0 saturated heterocycles. The van der Waals surface area contributed by atoms with Crippen molar-refractivity contribution in [3.63, 3.8) is 0 Å². The number of fused-ring (bicyclic) bond motifs is 2. The fourth-order valence-electron chi connectivity index (χ4n) is 4.83. The molecule has 2 unspecified atom stereocenters. The maximum atomic E-state index is 12.3. The molecule has 0 spiro atoms. The van der Waals surface area contributed by atoms with E-state index in [2.05, 4.69) is 59.2 Å². The van der Waals surface area contributed by atoms with Gasteiger partial charge in [-0.15, -0.1) is 0 Å². The van der Waals surface area contributed by atoms with Crippen LogP contribution in [0.4, 0.5) is 0 Å². The molecule has 2 aliphatic rings. The first-order valence-corrected chi connectivity index (χ1v) is 11.4. The highest BCUT2D eigenvalue weighted by atomic mass is 16.2. The molecule has 4 nitrogen and oxygen atoms in total. The Bertz CT molecular complexity index is 1050. The lowest BCUT2D eigenvalue weighted by atomic mass is 9.77. The van der Waals surface area contributed by atoms with Crippen LogP contribution < -0.4 is 10.6 Å². The average Bonchev–Trinajstić information content (AvgIpc) is 2.76. The Labute approximate surface area is 189 Å². The van der Waals surface area contributed by atoms with Gasteiger partial charge in [0.2, 0.25) is 11.8 Å². The fourth-order valence-corrected chi connectivity index (χ4v) is 4.83. The summed E-state index contributed by atoms with van der Waals surface area (Å²) in [4.78, 5) is 24.7. The Balaban J connectivity index is 1.04. The number of carbonyl (C=O) groups is 2. The second kappa shape index (κ2) is 8.99. The average molecular weight is 425 g/mol. The lowest BCUT2D eigenvalue weighted by Gasteiger charge is -2.30. The summed E-state index contributed by atoms with van der Waals surface area (Å²) < 4.78 is 0. The van der Waals surface area contributed by atoms with Crippen molar-refractivity contribution in [1.29, 1.82) is 0 Å². The molecule has 0 aliphatic heterocycles. The van der Waals surface area contributed by atoms with E-state index < -0.39 is 0 Å². The number of benzene rings is 3. The van der Waals surface area contributed by atoms with Crippen LogP contribution >= 0.6 is 0 Å². The van der Waals surface area contributed by atoms with Gasteiger partial charge in [-0.1, -0.05) is 72.8 Å². The van der Waals surface area contributed by atoms with E-state index in [1.54, 1.807) is 0 Å². The van der Waals surface area contributed by atoms with Gasteiger partial charge >= 0.3 is 0 Å². The summed E-state index contributed by atoms with van der Waals surface area (Å²) in [6.45, 7) is 1.39. The van der Waals surface area contributed by atoms with Crippen molar-refractivity contribution in [2.75, 3.05) is 13.1 Å². The van der Waals surface area contributed by atoms with Gasteiger partial charge in [-0.25, -0.2) is 0 Å². The van der Waals surface area contributed by atoms with Gasteiger partial charge in [0, 0.05) is 24.9 Å². The molecule has 0 bridgehead atoms. The summed E-state index contributed by atoms with van der Waals surface area (Å²) in [6.07, 6.45) is 2.81. The summed E-state index contributed by atoms with van der Waals surface area (Å²) in [5, 5.41) is 6.13. The minimum atomic E-state index is 0.0423. The third-order valence-electron chi connectivity index (χ3n) is 6.77. The predicted molar refractivity (Wildman–Crippen MR) is 126 cm³/mol. The molecule has 2 aliphatic carbocycles. The molecule has 0 radical (unpaired) electrons. The largest absolute Gasteiger partial charge is 0.355 e. The van der Waals surface area contributed by atoms with Crippen LogP contribution in [0.15, 0.2) is 72.8 Å². The molecule has 0 heterocycles. The van der Waals surface area contributed by atoms with Crippen LogP contribution in [0.2, 0.25) is 0 Å². The molecule has 2 amide bonds. The van der Waals surface area contributed by atoms with Gasteiger partial charge in [0.1, 0.15) is 0 Å². The van der Waals surface area contributed by atoms with Crippen LogP contribution in [-0.4, -0.2) is 24.9 Å². The quantitative estimate of drug-likeness (QED) is 0.580. The van der Waals surface area contributed by atoms with E-state index >= 15 is 0 Å². The summed E-state index contributed by atoms with van der Waals surface area (Å²) in [5.41, 5.74) is 7.43. The van der Waals surface area contributed by atoms with E-state index in [9.17, 15) is 9.59 Å². The highest BCUT2D eigenvalue weighted by Crippen LogP contribution is 2.34. The van der Waals surface area contributed by atoms with E-state index in [0.717, 1.165) is 24.0 Å². The summed E-state index contributed by atoms with van der Waals surface area (Å²) in [6, 6.07) is 24.6. The molecule has 3 aromatic rings. The van der Waals surface area contributed by atoms with E-state index in [1.807, 2.05) is 24.3 Å². The van der Waals surface area contributed by atoms with Crippen LogP contribution in [0, 0.1) is 0 Å². The molecule has 2 atom stereocenters. The minimum Gasteiger partial charge on any atom is -0.355 e. The Kier molecular flexibility index (Phi) is 5.76. The first kappa shape index (κ1) is 20.5. The van der Waals surface area contributed by atoms with Crippen molar-refractivity contribution in [1.82, 2.24) is 10.6 Å². The predicted octanol–water partition coefficient (Wildman–Crippen LogP) is 3.68. The highest BCUT2D eigenvalue weighted by Gasteiger charge is 2.26. The van der Waals surface area contributed by atoms with E-state index in [1.165, 1.54) is 22.3 Å². The summed E-state index contributed by atoms with van der Waals surface area (Å²) >= 11 is 0. The van der Waals surface area contributed by atoms with Crippen molar-refractivity contribution in [3.05, 3.63) is 106 Å². The Morgan fingerprint density at radius 1 is 0.625 bits per heavy atom. The lowest BCUT2D eigenvalue weighted by molar-refractivity contribution is -0.121. The normalized spacial score (nSPS) is 17.9. The van der Waals surface area contributed by atoms with Gasteiger partial charge < -0.3 is 10.6 Å². The third-order valence-corrected chi connectivity index (χ3v) is 6.77. The second-order valence-corrected chi connectivity index (χ2v) is 8.98. The SMILES string of the molecule is O=C(Cc1ccc(CC(=O)NCC2Cc3ccccc32)cc1)NCC1Cc2ccccc21. The molecule has 162 valence electrons. The summed E-state index contributed by atoms with van der Waals surface area (Å²) in [7, 11) is 0. The molecule has 0 aromatic heterocycles. The van der Waals surface area contributed by atoms with Crippen molar-refractivity contribution in [2.24, 2.45) is 0 Å². The Morgan fingerprint density at radius 3 is 1.44 bits per heavy atom. The van der Waals surface area contributed by atoms with Gasteiger partial charge in [-0.2, -0.15) is 0 Å². The molecule has 2 N–H and O–H groups in total. The first-order chi connectivity index (χ1) is 15.7. The van der Waals surface area contributed by atoms with E-state index in [0.29, 0.717) is 37.8 Å². The topological polar surface area (TPSA) is 58.2 Å². The van der Waals surface area contributed by atoms with Gasteiger partial charge in [0.05, 0.1) is 12.8 Å². The van der Waals surface area contributed by atoms with Gasteiger partial charge in [0.25, 0.3) is 0 Å². The maximum Gasteiger partial charge on any atom is 0.224 e. The van der Waals surface area contributed by atoms with E-state index in [-0.39, 0.29) is 11.8 Å². The molecule has 0 fully saturated rings. The van der Waals surface area contributed by atoms with Crippen molar-refractivity contribution < 1.29 is 9.59 Å². The van der Waals surface area contributed by atoms with Crippen molar-refractivity contribution in [2.45, 2.75) is 37.5 Å². The van der Waals surface area contributed by atoms with Crippen LogP contribution in [0.1, 0.15) is 45.2 Å². The molecule has 4 heteroatoms. The molecular formula is C28H28N2O2. The number of rotatable bonds is 8. The third kappa shape index (κ3) is 4.45. The zero-order valence-corrected chi connectivity index (χ0v) is 18.1. The van der Waals surface area contributed by atoms with E-state index in [4.69, 9.17) is 0 Å². The highest BCUT2D eigenvalue weighted by molar-refractivity contribution is 5.80.